The minimum absolute atomic E-state index is 0.151. The maximum Gasteiger partial charge on any atom is 0.270 e. The first-order valence-electron chi connectivity index (χ1n) is 8.48. The van der Waals surface area contributed by atoms with Crippen molar-refractivity contribution < 1.29 is 19.2 Å². The Morgan fingerprint density at radius 1 is 1.21 bits per heavy atom. The Morgan fingerprint density at radius 2 is 1.96 bits per heavy atom. The highest BCUT2D eigenvalue weighted by atomic mass is 16.6. The standard InChI is InChI=1S/C19H20N4O5/c1-28-17-9-7-14(8-10-17)13-21-22-18(24)6-3-11-20-19(25)15-4-2-5-16(12-15)23(26)27/h2,4-5,7-10,12-13H,3,6,11H2,1H3,(H,20,25)(H,22,24). The van der Waals surface area contributed by atoms with Crippen molar-refractivity contribution >= 4 is 23.7 Å². The molecule has 0 fully saturated rings. The summed E-state index contributed by atoms with van der Waals surface area (Å²) in [5, 5.41) is 17.2. The van der Waals surface area contributed by atoms with Gasteiger partial charge in [-0.15, -0.1) is 0 Å². The third-order valence-electron chi connectivity index (χ3n) is 3.70. The Bertz CT molecular complexity index is 865. The lowest BCUT2D eigenvalue weighted by Crippen LogP contribution is -2.26. The van der Waals surface area contributed by atoms with Crippen LogP contribution in [0.5, 0.6) is 5.75 Å². The molecule has 0 aliphatic carbocycles. The highest BCUT2D eigenvalue weighted by Crippen LogP contribution is 2.13. The Labute approximate surface area is 161 Å². The van der Waals surface area contributed by atoms with Crippen molar-refractivity contribution in [2.24, 2.45) is 5.10 Å². The molecule has 0 aromatic heterocycles. The van der Waals surface area contributed by atoms with E-state index in [0.717, 1.165) is 11.3 Å². The van der Waals surface area contributed by atoms with Crippen LogP contribution < -0.4 is 15.5 Å². The van der Waals surface area contributed by atoms with Crippen molar-refractivity contribution in [1.82, 2.24) is 10.7 Å². The number of nitro benzene ring substituents is 1. The molecule has 2 N–H and O–H groups in total. The lowest BCUT2D eigenvalue weighted by atomic mass is 10.2. The van der Waals surface area contributed by atoms with E-state index < -0.39 is 10.8 Å². The average Bonchev–Trinajstić information content (AvgIpc) is 2.71. The summed E-state index contributed by atoms with van der Waals surface area (Å²) in [4.78, 5) is 33.9. The number of hydrogen-bond acceptors (Lipinski definition) is 6. The van der Waals surface area contributed by atoms with E-state index in [0.29, 0.717) is 6.42 Å². The molecule has 146 valence electrons. The topological polar surface area (TPSA) is 123 Å². The zero-order valence-corrected chi connectivity index (χ0v) is 15.3. The van der Waals surface area contributed by atoms with Gasteiger partial charge in [-0.05, 0) is 42.3 Å². The SMILES string of the molecule is COc1ccc(C=NNC(=O)CCCNC(=O)c2cccc([N+](=O)[O-])c2)cc1. The maximum absolute atomic E-state index is 12.0. The van der Waals surface area contributed by atoms with E-state index in [4.69, 9.17) is 4.74 Å². The Balaban J connectivity index is 1.69. The summed E-state index contributed by atoms with van der Waals surface area (Å²) >= 11 is 0. The molecule has 0 aliphatic rings. The molecule has 0 radical (unpaired) electrons. The predicted octanol–water partition coefficient (Wildman–Crippen LogP) is 2.26. The average molecular weight is 384 g/mol. The molecule has 9 nitrogen and oxygen atoms in total. The quantitative estimate of drug-likeness (QED) is 0.297. The van der Waals surface area contributed by atoms with Crippen LogP contribution in [0.25, 0.3) is 0 Å². The van der Waals surface area contributed by atoms with Crippen LogP contribution in [0, 0.1) is 10.1 Å². The number of nitrogens with one attached hydrogen (secondary N) is 2. The van der Waals surface area contributed by atoms with Gasteiger partial charge in [0, 0.05) is 30.7 Å². The number of non-ortho nitro benzene ring substituents is 1. The van der Waals surface area contributed by atoms with Gasteiger partial charge in [-0.3, -0.25) is 19.7 Å². The minimum Gasteiger partial charge on any atom is -0.497 e. The normalized spacial score (nSPS) is 10.5. The van der Waals surface area contributed by atoms with Gasteiger partial charge in [0.2, 0.25) is 5.91 Å². The van der Waals surface area contributed by atoms with Gasteiger partial charge in [-0.1, -0.05) is 6.07 Å². The third-order valence-corrected chi connectivity index (χ3v) is 3.70. The van der Waals surface area contributed by atoms with Crippen LogP contribution >= 0.6 is 0 Å². The number of hydrazone groups is 1. The number of amides is 2. The lowest BCUT2D eigenvalue weighted by molar-refractivity contribution is -0.384. The van der Waals surface area contributed by atoms with Crippen molar-refractivity contribution in [3.8, 4) is 5.75 Å². The third kappa shape index (κ3) is 6.52. The van der Waals surface area contributed by atoms with Crippen LogP contribution in [-0.4, -0.2) is 36.6 Å². The van der Waals surface area contributed by atoms with Crippen LogP contribution in [0.2, 0.25) is 0 Å². The molecule has 0 saturated carbocycles. The zero-order chi connectivity index (χ0) is 20.4. The molecule has 0 bridgehead atoms. The van der Waals surface area contributed by atoms with Gasteiger partial charge in [0.05, 0.1) is 18.2 Å². The molecule has 2 aromatic rings. The van der Waals surface area contributed by atoms with E-state index in [1.807, 2.05) is 0 Å². The Kier molecular flexibility index (Phi) is 7.64. The number of rotatable bonds is 9. The smallest absolute Gasteiger partial charge is 0.270 e. The van der Waals surface area contributed by atoms with Crippen LogP contribution in [0.1, 0.15) is 28.8 Å². The van der Waals surface area contributed by atoms with Gasteiger partial charge in [0.1, 0.15) is 5.75 Å². The molecule has 0 saturated heterocycles. The molecule has 0 unspecified atom stereocenters. The predicted molar refractivity (Wildman–Crippen MR) is 103 cm³/mol. The fourth-order valence-electron chi connectivity index (χ4n) is 2.24. The second kappa shape index (κ2) is 10.4. The fourth-order valence-corrected chi connectivity index (χ4v) is 2.24. The van der Waals surface area contributed by atoms with Gasteiger partial charge >= 0.3 is 0 Å². The van der Waals surface area contributed by atoms with Gasteiger partial charge < -0.3 is 10.1 Å². The Hall–Kier alpha value is -3.75. The van der Waals surface area contributed by atoms with Crippen LogP contribution in [0.4, 0.5) is 5.69 Å². The van der Waals surface area contributed by atoms with Crippen molar-refractivity contribution in [3.05, 3.63) is 69.8 Å². The summed E-state index contributed by atoms with van der Waals surface area (Å²) in [5.41, 5.74) is 3.27. The van der Waals surface area contributed by atoms with Crippen LogP contribution in [-0.2, 0) is 4.79 Å². The molecule has 0 atom stereocenters. The van der Waals surface area contributed by atoms with Crippen LogP contribution in [0.15, 0.2) is 53.6 Å². The van der Waals surface area contributed by atoms with E-state index in [1.165, 1.54) is 30.5 Å². The number of hydrogen-bond donors (Lipinski definition) is 2. The van der Waals surface area contributed by atoms with E-state index >= 15 is 0 Å². The van der Waals surface area contributed by atoms with Gasteiger partial charge in [0.15, 0.2) is 0 Å². The molecule has 0 heterocycles. The van der Waals surface area contributed by atoms with Crippen molar-refractivity contribution in [2.75, 3.05) is 13.7 Å². The molecule has 2 aromatic carbocycles. The zero-order valence-electron chi connectivity index (χ0n) is 15.3. The molecular formula is C19H20N4O5. The molecule has 2 rings (SSSR count). The number of benzene rings is 2. The first-order valence-corrected chi connectivity index (χ1v) is 8.48. The summed E-state index contributed by atoms with van der Waals surface area (Å²) in [6.07, 6.45) is 2.10. The molecule has 0 spiro atoms. The first-order chi connectivity index (χ1) is 13.5. The van der Waals surface area contributed by atoms with Crippen molar-refractivity contribution in [2.45, 2.75) is 12.8 Å². The van der Waals surface area contributed by atoms with Gasteiger partial charge in [-0.2, -0.15) is 5.10 Å². The minimum atomic E-state index is -0.562. The van der Waals surface area contributed by atoms with E-state index in [2.05, 4.69) is 15.8 Å². The van der Waals surface area contributed by atoms with E-state index in [-0.39, 0.29) is 30.1 Å². The van der Waals surface area contributed by atoms with Crippen molar-refractivity contribution in [3.63, 3.8) is 0 Å². The molecule has 28 heavy (non-hydrogen) atoms. The highest BCUT2D eigenvalue weighted by molar-refractivity contribution is 5.94. The highest BCUT2D eigenvalue weighted by Gasteiger charge is 2.11. The number of carbonyl (C=O) groups excluding carboxylic acids is 2. The summed E-state index contributed by atoms with van der Waals surface area (Å²) in [7, 11) is 1.58. The summed E-state index contributed by atoms with van der Waals surface area (Å²) in [6, 6.07) is 12.6. The maximum atomic E-state index is 12.0. The number of methoxy groups -OCH3 is 1. The molecule has 9 heteroatoms. The number of ether oxygens (including phenoxy) is 1. The molecule has 2 amide bonds. The lowest BCUT2D eigenvalue weighted by Gasteiger charge is -2.05. The van der Waals surface area contributed by atoms with Crippen molar-refractivity contribution in [1.29, 1.82) is 0 Å². The second-order valence-corrected chi connectivity index (χ2v) is 5.73. The largest absolute Gasteiger partial charge is 0.497 e. The summed E-state index contributed by atoms with van der Waals surface area (Å²) < 4.78 is 5.05. The Morgan fingerprint density at radius 3 is 2.64 bits per heavy atom. The second-order valence-electron chi connectivity index (χ2n) is 5.73. The van der Waals surface area contributed by atoms with Gasteiger partial charge in [0.25, 0.3) is 11.6 Å². The monoisotopic (exact) mass is 384 g/mol. The fraction of sp³-hybridized carbons (Fsp3) is 0.211. The number of carbonyl (C=O) groups is 2. The first kappa shape index (κ1) is 20.6. The number of nitro groups is 1. The number of nitrogens with zero attached hydrogens (tertiary/aromatic N) is 2. The van der Waals surface area contributed by atoms with Crippen LogP contribution in [0.3, 0.4) is 0 Å². The molecular weight excluding hydrogens is 364 g/mol. The molecule has 0 aliphatic heterocycles. The van der Waals surface area contributed by atoms with E-state index in [1.54, 1.807) is 31.4 Å². The van der Waals surface area contributed by atoms with Gasteiger partial charge in [-0.25, -0.2) is 5.43 Å². The van der Waals surface area contributed by atoms with E-state index in [9.17, 15) is 19.7 Å². The summed E-state index contributed by atoms with van der Waals surface area (Å²) in [5.74, 6) is 0.0179. The summed E-state index contributed by atoms with van der Waals surface area (Å²) in [6.45, 7) is 0.261.